The van der Waals surface area contributed by atoms with Crippen molar-refractivity contribution in [1.82, 2.24) is 10.2 Å². The molecule has 0 spiro atoms. The zero-order chi connectivity index (χ0) is 14.8. The van der Waals surface area contributed by atoms with Crippen molar-refractivity contribution < 1.29 is 14.7 Å². The Kier molecular flexibility index (Phi) is 8.69. The normalized spacial score (nSPS) is 18.9. The molecule has 116 valence electrons. The van der Waals surface area contributed by atoms with Crippen LogP contribution in [0.1, 0.15) is 38.5 Å². The van der Waals surface area contributed by atoms with E-state index in [2.05, 4.69) is 10.2 Å². The molecule has 1 fully saturated rings. The highest BCUT2D eigenvalue weighted by Crippen LogP contribution is 2.10. The van der Waals surface area contributed by atoms with Crippen LogP contribution < -0.4 is 5.32 Å². The number of nitrogens with one attached hydrogen (secondary N) is 1. The first-order valence-corrected chi connectivity index (χ1v) is 8.76. The van der Waals surface area contributed by atoms with Gasteiger partial charge in [0.15, 0.2) is 0 Å². The molecule has 1 heterocycles. The number of carbonyl (C=O) groups excluding carboxylic acids is 1. The fourth-order valence-electron chi connectivity index (χ4n) is 2.41. The SMILES string of the molecule is CSCC[C@H](NC(=O)CN1CCCCCCC1)C(=O)O. The molecule has 0 bridgehead atoms. The van der Waals surface area contributed by atoms with Gasteiger partial charge < -0.3 is 10.4 Å². The number of carbonyl (C=O) groups is 2. The van der Waals surface area contributed by atoms with Crippen LogP contribution >= 0.6 is 11.8 Å². The lowest BCUT2D eigenvalue weighted by Gasteiger charge is -2.24. The maximum atomic E-state index is 12.0. The molecule has 1 saturated heterocycles. The minimum absolute atomic E-state index is 0.168. The van der Waals surface area contributed by atoms with Gasteiger partial charge >= 0.3 is 5.97 Å². The number of amides is 1. The fourth-order valence-corrected chi connectivity index (χ4v) is 2.88. The molecule has 1 amide bonds. The zero-order valence-corrected chi connectivity index (χ0v) is 13.1. The maximum absolute atomic E-state index is 12.0. The van der Waals surface area contributed by atoms with E-state index >= 15 is 0 Å². The summed E-state index contributed by atoms with van der Waals surface area (Å²) in [7, 11) is 0. The van der Waals surface area contributed by atoms with Crippen molar-refractivity contribution >= 4 is 23.6 Å². The molecule has 0 unspecified atom stereocenters. The first kappa shape index (κ1) is 17.3. The Bertz CT molecular complexity index is 305. The zero-order valence-electron chi connectivity index (χ0n) is 12.3. The Labute approximate surface area is 125 Å². The quantitative estimate of drug-likeness (QED) is 0.747. The van der Waals surface area contributed by atoms with Gasteiger partial charge in [0.2, 0.25) is 5.91 Å². The predicted molar refractivity (Wildman–Crippen MR) is 82.1 cm³/mol. The minimum Gasteiger partial charge on any atom is -0.480 e. The van der Waals surface area contributed by atoms with Crippen LogP contribution in [-0.4, -0.2) is 59.6 Å². The highest BCUT2D eigenvalue weighted by atomic mass is 32.2. The summed E-state index contributed by atoms with van der Waals surface area (Å²) in [5.41, 5.74) is 0. The molecule has 5 nitrogen and oxygen atoms in total. The van der Waals surface area contributed by atoms with E-state index in [4.69, 9.17) is 5.11 Å². The number of carboxylic acids is 1. The van der Waals surface area contributed by atoms with Crippen LogP contribution in [0.3, 0.4) is 0 Å². The standard InChI is InChI=1S/C14H26N2O3S/c1-20-10-7-12(14(18)19)15-13(17)11-16-8-5-3-2-4-6-9-16/h12H,2-11H2,1H3,(H,15,17)(H,18,19)/t12-/m0/s1. The number of hydrogen-bond donors (Lipinski definition) is 2. The molecular formula is C14H26N2O3S. The lowest BCUT2D eigenvalue weighted by atomic mass is 10.1. The second-order valence-corrected chi connectivity index (χ2v) is 6.27. The van der Waals surface area contributed by atoms with Crippen molar-refractivity contribution in [2.75, 3.05) is 31.6 Å². The van der Waals surface area contributed by atoms with E-state index in [1.165, 1.54) is 19.3 Å². The summed E-state index contributed by atoms with van der Waals surface area (Å²) in [5.74, 6) is -0.375. The highest BCUT2D eigenvalue weighted by Gasteiger charge is 2.20. The first-order chi connectivity index (χ1) is 9.63. The molecule has 0 radical (unpaired) electrons. The third kappa shape index (κ3) is 7.14. The van der Waals surface area contributed by atoms with Gasteiger partial charge in [0, 0.05) is 0 Å². The molecule has 0 saturated carbocycles. The van der Waals surface area contributed by atoms with Crippen molar-refractivity contribution in [2.24, 2.45) is 0 Å². The summed E-state index contributed by atoms with van der Waals surface area (Å²) in [4.78, 5) is 25.2. The molecule has 0 aliphatic carbocycles. The number of likely N-dealkylation sites (tertiary alicyclic amines) is 1. The summed E-state index contributed by atoms with van der Waals surface area (Å²) in [6.45, 7) is 2.20. The summed E-state index contributed by atoms with van der Waals surface area (Å²) < 4.78 is 0. The Morgan fingerprint density at radius 2 is 1.80 bits per heavy atom. The summed E-state index contributed by atoms with van der Waals surface area (Å²) in [6.07, 6.45) is 8.40. The van der Waals surface area contributed by atoms with Gasteiger partial charge in [0.25, 0.3) is 0 Å². The molecule has 1 aliphatic heterocycles. The minimum atomic E-state index is -0.944. The van der Waals surface area contributed by atoms with Crippen LogP contribution in [-0.2, 0) is 9.59 Å². The smallest absolute Gasteiger partial charge is 0.326 e. The Morgan fingerprint density at radius 1 is 1.20 bits per heavy atom. The summed E-state index contributed by atoms with van der Waals surface area (Å²) in [5, 5.41) is 11.7. The van der Waals surface area contributed by atoms with Crippen LogP contribution in [0.15, 0.2) is 0 Å². The van der Waals surface area contributed by atoms with E-state index in [0.717, 1.165) is 31.7 Å². The second-order valence-electron chi connectivity index (χ2n) is 5.28. The molecule has 0 aromatic rings. The third-order valence-corrected chi connectivity index (χ3v) is 4.20. The number of carboxylic acid groups (broad SMARTS) is 1. The first-order valence-electron chi connectivity index (χ1n) is 7.37. The van der Waals surface area contributed by atoms with Crippen LogP contribution in [0, 0.1) is 0 Å². The van der Waals surface area contributed by atoms with E-state index in [0.29, 0.717) is 13.0 Å². The lowest BCUT2D eigenvalue weighted by Crippen LogP contribution is -2.46. The molecule has 0 aromatic carbocycles. The molecule has 1 atom stereocenters. The second kappa shape index (κ2) is 10.0. The molecule has 20 heavy (non-hydrogen) atoms. The average Bonchev–Trinajstić information content (AvgIpc) is 2.37. The summed E-state index contributed by atoms with van der Waals surface area (Å²) >= 11 is 1.59. The lowest BCUT2D eigenvalue weighted by molar-refractivity contribution is -0.142. The third-order valence-electron chi connectivity index (χ3n) is 3.56. The Morgan fingerprint density at radius 3 is 2.35 bits per heavy atom. The fraction of sp³-hybridized carbons (Fsp3) is 0.857. The molecular weight excluding hydrogens is 276 g/mol. The van der Waals surface area contributed by atoms with Crippen LogP contribution in [0.2, 0.25) is 0 Å². The van der Waals surface area contributed by atoms with Gasteiger partial charge in [0.1, 0.15) is 6.04 Å². The number of thioether (sulfide) groups is 1. The van der Waals surface area contributed by atoms with Crippen molar-refractivity contribution in [3.8, 4) is 0 Å². The van der Waals surface area contributed by atoms with Gasteiger partial charge in [-0.1, -0.05) is 19.3 Å². The van der Waals surface area contributed by atoms with E-state index in [1.807, 2.05) is 6.26 Å². The van der Waals surface area contributed by atoms with E-state index < -0.39 is 12.0 Å². The van der Waals surface area contributed by atoms with Crippen LogP contribution in [0.4, 0.5) is 0 Å². The van der Waals surface area contributed by atoms with Crippen molar-refractivity contribution in [2.45, 2.75) is 44.6 Å². The maximum Gasteiger partial charge on any atom is 0.326 e. The van der Waals surface area contributed by atoms with E-state index in [1.54, 1.807) is 11.8 Å². The van der Waals surface area contributed by atoms with E-state index in [-0.39, 0.29) is 5.91 Å². The average molecular weight is 302 g/mol. The number of aliphatic carboxylic acids is 1. The van der Waals surface area contributed by atoms with Gasteiger partial charge in [-0.25, -0.2) is 4.79 Å². The van der Waals surface area contributed by atoms with Crippen LogP contribution in [0.5, 0.6) is 0 Å². The molecule has 6 heteroatoms. The monoisotopic (exact) mass is 302 g/mol. The van der Waals surface area contributed by atoms with Crippen molar-refractivity contribution in [3.63, 3.8) is 0 Å². The Hall–Kier alpha value is -0.750. The molecule has 1 aliphatic rings. The Balaban J connectivity index is 2.37. The van der Waals surface area contributed by atoms with Crippen molar-refractivity contribution in [1.29, 1.82) is 0 Å². The number of rotatable bonds is 7. The molecule has 0 aromatic heterocycles. The number of hydrogen-bond acceptors (Lipinski definition) is 4. The van der Waals surface area contributed by atoms with Crippen LogP contribution in [0.25, 0.3) is 0 Å². The molecule has 1 rings (SSSR count). The van der Waals surface area contributed by atoms with Gasteiger partial charge in [-0.2, -0.15) is 11.8 Å². The number of nitrogens with zero attached hydrogens (tertiary/aromatic N) is 1. The van der Waals surface area contributed by atoms with Gasteiger partial charge in [-0.3, -0.25) is 9.69 Å². The highest BCUT2D eigenvalue weighted by molar-refractivity contribution is 7.98. The molecule has 2 N–H and O–H groups in total. The largest absolute Gasteiger partial charge is 0.480 e. The van der Waals surface area contributed by atoms with Gasteiger partial charge in [0.05, 0.1) is 6.54 Å². The van der Waals surface area contributed by atoms with Gasteiger partial charge in [-0.05, 0) is 44.4 Å². The van der Waals surface area contributed by atoms with Gasteiger partial charge in [-0.15, -0.1) is 0 Å². The predicted octanol–water partition coefficient (Wildman–Crippen LogP) is 1.57. The van der Waals surface area contributed by atoms with E-state index in [9.17, 15) is 9.59 Å². The van der Waals surface area contributed by atoms with Crippen molar-refractivity contribution in [3.05, 3.63) is 0 Å². The topological polar surface area (TPSA) is 69.6 Å². The summed E-state index contributed by atoms with van der Waals surface area (Å²) in [6, 6.07) is -0.760.